The van der Waals surface area contributed by atoms with Gasteiger partial charge in [-0.05, 0) is 30.3 Å². The number of nitrogens with one attached hydrogen (secondary N) is 1. The van der Waals surface area contributed by atoms with E-state index < -0.39 is 17.0 Å². The van der Waals surface area contributed by atoms with Crippen LogP contribution in [0.5, 0.6) is 0 Å². The minimum Gasteiger partial charge on any atom is -0.339 e. The zero-order valence-corrected chi connectivity index (χ0v) is 17.5. The van der Waals surface area contributed by atoms with Gasteiger partial charge in [-0.2, -0.15) is 0 Å². The average molecular weight is 448 g/mol. The first kappa shape index (κ1) is 20.7. The molecule has 0 aromatic heterocycles. The predicted molar refractivity (Wildman–Crippen MR) is 113 cm³/mol. The van der Waals surface area contributed by atoms with Crippen LogP contribution in [-0.4, -0.2) is 59.0 Å². The summed E-state index contributed by atoms with van der Waals surface area (Å²) in [5, 5.41) is 2.64. The number of carbonyl (C=O) groups excluding carboxylic acids is 3. The third kappa shape index (κ3) is 4.29. The van der Waals surface area contributed by atoms with Crippen molar-refractivity contribution in [2.45, 2.75) is 16.6 Å². The zero-order valence-electron chi connectivity index (χ0n) is 15.9. The molecule has 2 aliphatic rings. The first-order valence-electron chi connectivity index (χ1n) is 9.51. The highest BCUT2D eigenvalue weighted by molar-refractivity contribution is 8.01. The van der Waals surface area contributed by atoms with Gasteiger partial charge in [0, 0.05) is 42.5 Å². The number of nitrogens with zero attached hydrogens (tertiary/aromatic N) is 2. The zero-order chi connectivity index (χ0) is 21.3. The fraction of sp³-hybridized carbons (Fsp3) is 0.286. The maximum Gasteiger partial charge on any atom is 0.257 e. The van der Waals surface area contributed by atoms with Crippen LogP contribution in [0.4, 0.5) is 10.1 Å². The van der Waals surface area contributed by atoms with E-state index in [0.717, 1.165) is 10.6 Å². The number of rotatable bonds is 3. The third-order valence-corrected chi connectivity index (χ3v) is 6.66. The van der Waals surface area contributed by atoms with E-state index in [1.54, 1.807) is 4.90 Å². The molecular weight excluding hydrogens is 429 g/mol. The number of carbonyl (C=O) groups is 3. The van der Waals surface area contributed by atoms with E-state index in [2.05, 4.69) is 5.32 Å². The quantitative estimate of drug-likeness (QED) is 0.784. The van der Waals surface area contributed by atoms with Crippen molar-refractivity contribution in [1.29, 1.82) is 0 Å². The second-order valence-corrected chi connectivity index (χ2v) is 8.77. The molecular formula is C21H19ClFN3O3S. The Morgan fingerprint density at radius 1 is 1.10 bits per heavy atom. The molecule has 1 saturated heterocycles. The molecule has 1 unspecified atom stereocenters. The molecule has 3 amide bonds. The number of hydrogen-bond donors (Lipinski definition) is 1. The van der Waals surface area contributed by atoms with Crippen molar-refractivity contribution in [3.8, 4) is 0 Å². The van der Waals surface area contributed by atoms with Crippen molar-refractivity contribution < 1.29 is 18.8 Å². The molecule has 0 aliphatic carbocycles. The summed E-state index contributed by atoms with van der Waals surface area (Å²) < 4.78 is 14.0. The van der Waals surface area contributed by atoms with Crippen LogP contribution in [-0.2, 0) is 9.59 Å². The number of anilines is 1. The van der Waals surface area contributed by atoms with Crippen molar-refractivity contribution in [3.05, 3.63) is 58.9 Å². The van der Waals surface area contributed by atoms with E-state index in [0.29, 0.717) is 31.2 Å². The molecule has 4 rings (SSSR count). The van der Waals surface area contributed by atoms with Crippen LogP contribution >= 0.6 is 23.4 Å². The lowest BCUT2D eigenvalue weighted by atomic mass is 10.1. The smallest absolute Gasteiger partial charge is 0.257 e. The second kappa shape index (κ2) is 8.65. The molecule has 0 radical (unpaired) electrons. The van der Waals surface area contributed by atoms with Gasteiger partial charge in [0.25, 0.3) is 5.91 Å². The normalized spacial score (nSPS) is 18.6. The fourth-order valence-electron chi connectivity index (χ4n) is 3.51. The summed E-state index contributed by atoms with van der Waals surface area (Å²) in [5.41, 5.74) is 0.688. The van der Waals surface area contributed by atoms with Crippen LogP contribution in [0.2, 0.25) is 5.02 Å². The summed E-state index contributed by atoms with van der Waals surface area (Å²) in [6.45, 7) is 1.26. The highest BCUT2D eigenvalue weighted by atomic mass is 35.5. The van der Waals surface area contributed by atoms with Crippen LogP contribution in [0.1, 0.15) is 16.8 Å². The largest absolute Gasteiger partial charge is 0.339 e. The summed E-state index contributed by atoms with van der Waals surface area (Å²) >= 11 is 7.26. The number of benzene rings is 2. The first-order valence-corrected chi connectivity index (χ1v) is 10.8. The summed E-state index contributed by atoms with van der Waals surface area (Å²) in [6, 6.07) is 11.4. The lowest BCUT2D eigenvalue weighted by molar-refractivity contribution is -0.134. The van der Waals surface area contributed by atoms with Crippen LogP contribution < -0.4 is 5.32 Å². The molecule has 2 heterocycles. The monoisotopic (exact) mass is 447 g/mol. The summed E-state index contributed by atoms with van der Waals surface area (Å²) in [7, 11) is 0. The summed E-state index contributed by atoms with van der Waals surface area (Å²) in [6.07, 6.45) is 0.0850. The van der Waals surface area contributed by atoms with Crippen molar-refractivity contribution in [3.63, 3.8) is 0 Å². The number of thioether (sulfide) groups is 1. The molecule has 6 nitrogen and oxygen atoms in total. The number of fused-ring (bicyclic) bond motifs is 1. The van der Waals surface area contributed by atoms with E-state index >= 15 is 0 Å². The van der Waals surface area contributed by atoms with Crippen LogP contribution in [0, 0.1) is 5.82 Å². The van der Waals surface area contributed by atoms with Gasteiger partial charge in [-0.15, -0.1) is 11.8 Å². The van der Waals surface area contributed by atoms with E-state index in [9.17, 15) is 18.8 Å². The molecule has 0 bridgehead atoms. The van der Waals surface area contributed by atoms with Crippen molar-refractivity contribution in [2.24, 2.45) is 0 Å². The Labute approximate surface area is 182 Å². The Morgan fingerprint density at radius 3 is 2.57 bits per heavy atom. The maximum atomic E-state index is 14.0. The van der Waals surface area contributed by atoms with Crippen LogP contribution in [0.25, 0.3) is 0 Å². The molecule has 156 valence electrons. The highest BCUT2D eigenvalue weighted by Crippen LogP contribution is 2.36. The molecule has 2 aliphatic heterocycles. The molecule has 1 atom stereocenters. The summed E-state index contributed by atoms with van der Waals surface area (Å²) in [5.74, 6) is -1.38. The predicted octanol–water partition coefficient (Wildman–Crippen LogP) is 3.27. The van der Waals surface area contributed by atoms with Gasteiger partial charge in [0.15, 0.2) is 0 Å². The van der Waals surface area contributed by atoms with E-state index in [4.69, 9.17) is 11.6 Å². The molecule has 1 fully saturated rings. The first-order chi connectivity index (χ1) is 14.4. The number of para-hydroxylation sites is 1. The minimum absolute atomic E-state index is 0.0729. The highest BCUT2D eigenvalue weighted by Gasteiger charge is 2.32. The Balaban J connectivity index is 1.34. The Hall–Kier alpha value is -2.58. The van der Waals surface area contributed by atoms with E-state index in [-0.39, 0.29) is 23.8 Å². The Bertz CT molecular complexity index is 1010. The second-order valence-electron chi connectivity index (χ2n) is 7.09. The third-order valence-electron chi connectivity index (χ3n) is 5.15. The van der Waals surface area contributed by atoms with Gasteiger partial charge >= 0.3 is 0 Å². The number of halogens is 2. The number of amides is 3. The Morgan fingerprint density at radius 2 is 1.80 bits per heavy atom. The van der Waals surface area contributed by atoms with Crippen molar-refractivity contribution in [1.82, 2.24) is 9.80 Å². The average Bonchev–Trinajstić information content (AvgIpc) is 2.75. The molecule has 9 heteroatoms. The SMILES string of the molecule is O=C1Nc2ccccc2SC1CC(=O)N1CCN(C(=O)c2cc(Cl)ccc2F)CC1. The van der Waals surface area contributed by atoms with Crippen molar-refractivity contribution in [2.75, 3.05) is 31.5 Å². The maximum absolute atomic E-state index is 14.0. The van der Waals surface area contributed by atoms with Gasteiger partial charge in [-0.1, -0.05) is 23.7 Å². The molecule has 30 heavy (non-hydrogen) atoms. The molecule has 2 aromatic rings. The number of hydrogen-bond acceptors (Lipinski definition) is 4. The molecule has 2 aromatic carbocycles. The van der Waals surface area contributed by atoms with Crippen molar-refractivity contribution >= 4 is 46.8 Å². The summed E-state index contributed by atoms with van der Waals surface area (Å²) in [4.78, 5) is 41.7. The minimum atomic E-state index is -0.622. The fourth-order valence-corrected chi connectivity index (χ4v) is 4.78. The van der Waals surface area contributed by atoms with Gasteiger partial charge in [0.05, 0.1) is 16.5 Å². The lowest BCUT2D eigenvalue weighted by Gasteiger charge is -2.35. The van der Waals surface area contributed by atoms with Gasteiger partial charge in [0.1, 0.15) is 5.82 Å². The van der Waals surface area contributed by atoms with Crippen LogP contribution in [0.3, 0.4) is 0 Å². The molecule has 0 spiro atoms. The lowest BCUT2D eigenvalue weighted by Crippen LogP contribution is -2.51. The molecule has 0 saturated carbocycles. The van der Waals surface area contributed by atoms with Crippen LogP contribution in [0.15, 0.2) is 47.4 Å². The Kier molecular flexibility index (Phi) is 5.97. The standard InChI is InChI=1S/C21H19ClFN3O3S/c22-13-5-6-15(23)14(11-13)21(29)26-9-7-25(8-10-26)19(27)12-18-20(28)24-16-3-1-2-4-17(16)30-18/h1-6,11,18H,7-10,12H2,(H,24,28). The van der Waals surface area contributed by atoms with E-state index in [1.807, 2.05) is 24.3 Å². The van der Waals surface area contributed by atoms with Gasteiger partial charge in [0.2, 0.25) is 11.8 Å². The van der Waals surface area contributed by atoms with Gasteiger partial charge in [-0.25, -0.2) is 4.39 Å². The molecule has 1 N–H and O–H groups in total. The van der Waals surface area contributed by atoms with E-state index in [1.165, 1.54) is 34.9 Å². The van der Waals surface area contributed by atoms with Gasteiger partial charge < -0.3 is 15.1 Å². The van der Waals surface area contributed by atoms with Gasteiger partial charge in [-0.3, -0.25) is 14.4 Å². The topological polar surface area (TPSA) is 69.7 Å². The number of piperazine rings is 1.